The van der Waals surface area contributed by atoms with Crippen molar-refractivity contribution in [1.29, 1.82) is 0 Å². The fraction of sp³-hybridized carbons (Fsp3) is 0.333. The summed E-state index contributed by atoms with van der Waals surface area (Å²) >= 11 is 0. The first-order valence-corrected chi connectivity index (χ1v) is 7.50. The molecule has 4 N–H and O–H groups in total. The first kappa shape index (κ1) is 14.5. The van der Waals surface area contributed by atoms with Gasteiger partial charge in [-0.2, -0.15) is 0 Å². The number of aliphatic carboxylic acids is 1. The van der Waals surface area contributed by atoms with Gasteiger partial charge in [0.15, 0.2) is 0 Å². The molecule has 7 nitrogen and oxygen atoms in total. The van der Waals surface area contributed by atoms with E-state index in [0.29, 0.717) is 18.5 Å². The lowest BCUT2D eigenvalue weighted by Gasteiger charge is -2.31. The highest BCUT2D eigenvalue weighted by atomic mass is 32.2. The average Bonchev–Trinajstić information content (AvgIpc) is 2.25. The summed E-state index contributed by atoms with van der Waals surface area (Å²) in [6, 6.07) is 5.37. The number of hydrogen-bond donors (Lipinski definition) is 3. The maximum Gasteiger partial charge on any atom is 0.307 e. The largest absolute Gasteiger partial charge is 0.481 e. The third kappa shape index (κ3) is 2.97. The van der Waals surface area contributed by atoms with Gasteiger partial charge in [0.25, 0.3) is 0 Å². The predicted molar refractivity (Wildman–Crippen MR) is 70.3 cm³/mol. The molecule has 1 amide bonds. The highest BCUT2D eigenvalue weighted by Gasteiger charge is 2.41. The molecule has 1 aromatic rings. The molecule has 8 heteroatoms. The summed E-state index contributed by atoms with van der Waals surface area (Å²) in [5, 5.41) is 16.4. The molecule has 0 heterocycles. The summed E-state index contributed by atoms with van der Waals surface area (Å²) in [5.41, 5.74) is 0.401. The number of hydrogen-bond acceptors (Lipinski definition) is 4. The molecule has 0 aromatic heterocycles. The zero-order valence-corrected chi connectivity index (χ0v) is 11.3. The minimum absolute atomic E-state index is 0.0532. The molecular weight excluding hydrogens is 284 g/mol. The van der Waals surface area contributed by atoms with E-state index in [1.54, 1.807) is 0 Å². The van der Waals surface area contributed by atoms with E-state index in [1.165, 1.54) is 24.3 Å². The Kier molecular flexibility index (Phi) is 3.78. The number of benzene rings is 1. The topological polar surface area (TPSA) is 127 Å². The molecule has 0 aliphatic heterocycles. The van der Waals surface area contributed by atoms with Gasteiger partial charge in [-0.1, -0.05) is 0 Å². The van der Waals surface area contributed by atoms with E-state index in [-0.39, 0.29) is 10.8 Å². The monoisotopic (exact) mass is 298 g/mol. The van der Waals surface area contributed by atoms with Crippen LogP contribution in [0.4, 0.5) is 5.69 Å². The quantitative estimate of drug-likeness (QED) is 0.740. The van der Waals surface area contributed by atoms with Crippen molar-refractivity contribution < 1.29 is 23.1 Å². The van der Waals surface area contributed by atoms with Crippen molar-refractivity contribution in [3.63, 3.8) is 0 Å². The van der Waals surface area contributed by atoms with Crippen LogP contribution in [0.3, 0.4) is 0 Å². The number of rotatable bonds is 4. The summed E-state index contributed by atoms with van der Waals surface area (Å²) in [6.45, 7) is 0. The first-order chi connectivity index (χ1) is 9.29. The zero-order chi connectivity index (χ0) is 14.9. The molecule has 1 aliphatic rings. The first-order valence-electron chi connectivity index (χ1n) is 5.95. The second-order valence-electron chi connectivity index (χ2n) is 4.69. The maximum atomic E-state index is 11.9. The highest BCUT2D eigenvalue weighted by Crippen LogP contribution is 2.35. The standard InChI is InChI=1S/C12H14N2O5S/c13-20(18,19)8-3-1-7(2-4-8)14-11(15)9-5-6-10(9)12(16)17/h1-4,9-10H,5-6H2,(H,14,15)(H,16,17)(H2,13,18,19)/t9-,10-/m1/s1. The number of sulfonamides is 1. The Labute approximate surface area is 115 Å². The van der Waals surface area contributed by atoms with Gasteiger partial charge < -0.3 is 10.4 Å². The molecule has 2 atom stereocenters. The highest BCUT2D eigenvalue weighted by molar-refractivity contribution is 7.89. The molecule has 0 radical (unpaired) electrons. The van der Waals surface area contributed by atoms with Gasteiger partial charge in [0.1, 0.15) is 0 Å². The van der Waals surface area contributed by atoms with Crippen molar-refractivity contribution >= 4 is 27.6 Å². The fourth-order valence-electron chi connectivity index (χ4n) is 2.07. The molecular formula is C12H14N2O5S. The van der Waals surface area contributed by atoms with E-state index in [1.807, 2.05) is 0 Å². The number of nitrogens with one attached hydrogen (secondary N) is 1. The SMILES string of the molecule is NS(=O)(=O)c1ccc(NC(=O)[C@@H]2CC[C@H]2C(=O)O)cc1. The molecule has 0 saturated heterocycles. The normalized spacial score (nSPS) is 21.9. The third-order valence-electron chi connectivity index (χ3n) is 3.38. The van der Waals surface area contributed by atoms with Crippen LogP contribution in [0.15, 0.2) is 29.2 Å². The van der Waals surface area contributed by atoms with Crippen molar-refractivity contribution in [2.45, 2.75) is 17.7 Å². The molecule has 20 heavy (non-hydrogen) atoms. The Hall–Kier alpha value is -1.93. The minimum atomic E-state index is -3.77. The number of anilines is 1. The van der Waals surface area contributed by atoms with Crippen LogP contribution in [-0.4, -0.2) is 25.4 Å². The molecule has 1 aliphatic carbocycles. The molecule has 0 bridgehead atoms. The summed E-state index contributed by atoms with van der Waals surface area (Å²) in [6.07, 6.45) is 1.04. The molecule has 0 spiro atoms. The molecule has 1 aromatic carbocycles. The van der Waals surface area contributed by atoms with Crippen LogP contribution >= 0.6 is 0 Å². The number of primary sulfonamides is 1. The molecule has 1 saturated carbocycles. The van der Waals surface area contributed by atoms with E-state index in [2.05, 4.69) is 5.32 Å². The number of carboxylic acids is 1. The van der Waals surface area contributed by atoms with Gasteiger partial charge in [0.05, 0.1) is 16.7 Å². The second kappa shape index (κ2) is 5.22. The van der Waals surface area contributed by atoms with E-state index in [0.717, 1.165) is 0 Å². The molecule has 2 rings (SSSR count). The lowest BCUT2D eigenvalue weighted by Crippen LogP contribution is -2.41. The van der Waals surface area contributed by atoms with Gasteiger partial charge >= 0.3 is 5.97 Å². The van der Waals surface area contributed by atoms with Crippen LogP contribution in [0.25, 0.3) is 0 Å². The van der Waals surface area contributed by atoms with E-state index in [9.17, 15) is 18.0 Å². The van der Waals surface area contributed by atoms with Crippen LogP contribution in [0.2, 0.25) is 0 Å². The maximum absolute atomic E-state index is 11.9. The lowest BCUT2D eigenvalue weighted by atomic mass is 9.73. The molecule has 1 fully saturated rings. The number of carbonyl (C=O) groups is 2. The van der Waals surface area contributed by atoms with E-state index >= 15 is 0 Å². The van der Waals surface area contributed by atoms with E-state index in [4.69, 9.17) is 10.2 Å². The van der Waals surface area contributed by atoms with Crippen molar-refractivity contribution in [3.05, 3.63) is 24.3 Å². The predicted octanol–water partition coefficient (Wildman–Crippen LogP) is 0.383. The van der Waals surface area contributed by atoms with Crippen LogP contribution in [0, 0.1) is 11.8 Å². The van der Waals surface area contributed by atoms with Crippen LogP contribution in [0.1, 0.15) is 12.8 Å². The Morgan fingerprint density at radius 2 is 1.70 bits per heavy atom. The van der Waals surface area contributed by atoms with Gasteiger partial charge in [0.2, 0.25) is 15.9 Å². The van der Waals surface area contributed by atoms with E-state index < -0.39 is 27.8 Å². The third-order valence-corrected chi connectivity index (χ3v) is 4.31. The second-order valence-corrected chi connectivity index (χ2v) is 6.25. The average molecular weight is 298 g/mol. The zero-order valence-electron chi connectivity index (χ0n) is 10.4. The van der Waals surface area contributed by atoms with Crippen LogP contribution < -0.4 is 10.5 Å². The summed E-state index contributed by atoms with van der Waals surface area (Å²) in [4.78, 5) is 22.7. The molecule has 0 unspecified atom stereocenters. The van der Waals surface area contributed by atoms with Gasteiger partial charge in [-0.05, 0) is 37.1 Å². The fourth-order valence-corrected chi connectivity index (χ4v) is 2.59. The summed E-state index contributed by atoms with van der Waals surface area (Å²) in [7, 11) is -3.77. The summed E-state index contributed by atoms with van der Waals surface area (Å²) < 4.78 is 22.1. The smallest absolute Gasteiger partial charge is 0.307 e. The Bertz CT molecular complexity index is 638. The Morgan fingerprint density at radius 3 is 2.10 bits per heavy atom. The number of carbonyl (C=O) groups excluding carboxylic acids is 1. The van der Waals surface area contributed by atoms with Gasteiger partial charge in [-0.25, -0.2) is 13.6 Å². The van der Waals surface area contributed by atoms with Crippen LogP contribution in [-0.2, 0) is 19.6 Å². The number of amides is 1. The number of nitrogens with two attached hydrogens (primary N) is 1. The van der Waals surface area contributed by atoms with Gasteiger partial charge in [0, 0.05) is 5.69 Å². The van der Waals surface area contributed by atoms with Gasteiger partial charge in [-0.15, -0.1) is 0 Å². The van der Waals surface area contributed by atoms with Crippen LogP contribution in [0.5, 0.6) is 0 Å². The Morgan fingerprint density at radius 1 is 1.15 bits per heavy atom. The lowest BCUT2D eigenvalue weighted by molar-refractivity contribution is -0.151. The number of carboxylic acid groups (broad SMARTS) is 1. The van der Waals surface area contributed by atoms with Crippen molar-refractivity contribution in [3.8, 4) is 0 Å². The van der Waals surface area contributed by atoms with Crippen molar-refractivity contribution in [2.75, 3.05) is 5.32 Å². The minimum Gasteiger partial charge on any atom is -0.481 e. The van der Waals surface area contributed by atoms with Crippen molar-refractivity contribution in [1.82, 2.24) is 0 Å². The van der Waals surface area contributed by atoms with Crippen molar-refractivity contribution in [2.24, 2.45) is 17.0 Å². The summed E-state index contributed by atoms with van der Waals surface area (Å²) in [5.74, 6) is -2.52. The Balaban J connectivity index is 2.04. The molecule has 108 valence electrons. The van der Waals surface area contributed by atoms with Gasteiger partial charge in [-0.3, -0.25) is 9.59 Å².